The van der Waals surface area contributed by atoms with E-state index in [-0.39, 0.29) is 11.9 Å². The van der Waals surface area contributed by atoms with Crippen LogP contribution in [0.5, 0.6) is 0 Å². The molecule has 0 spiro atoms. The van der Waals surface area contributed by atoms with Gasteiger partial charge in [-0.15, -0.1) is 0 Å². The molecule has 3 rings (SSSR count). The maximum Gasteiger partial charge on any atom is 0.237 e. The van der Waals surface area contributed by atoms with E-state index < -0.39 is 0 Å². The first kappa shape index (κ1) is 12.4. The fraction of sp³-hybridized carbons (Fsp3) is 0.929. The second-order valence-corrected chi connectivity index (χ2v) is 6.20. The molecule has 4 atom stereocenters. The van der Waals surface area contributed by atoms with Gasteiger partial charge in [-0.05, 0) is 52.0 Å². The van der Waals surface area contributed by atoms with E-state index in [9.17, 15) is 4.79 Å². The highest BCUT2D eigenvalue weighted by atomic mass is 16.2. The zero-order valence-electron chi connectivity index (χ0n) is 11.3. The van der Waals surface area contributed by atoms with Crippen LogP contribution in [-0.4, -0.2) is 48.1 Å². The number of carbonyl (C=O) groups is 1. The zero-order chi connectivity index (χ0) is 12.5. The third kappa shape index (κ3) is 2.41. The van der Waals surface area contributed by atoms with E-state index in [1.807, 2.05) is 0 Å². The molecular weight excluding hydrogens is 226 g/mol. The second kappa shape index (κ2) is 5.17. The highest BCUT2D eigenvalue weighted by Crippen LogP contribution is 2.28. The van der Waals surface area contributed by atoms with Gasteiger partial charge in [-0.2, -0.15) is 0 Å². The summed E-state index contributed by atoms with van der Waals surface area (Å²) in [5.41, 5.74) is 0. The van der Waals surface area contributed by atoms with Gasteiger partial charge in [0.15, 0.2) is 0 Å². The number of hydrogen-bond donors (Lipinski definition) is 2. The minimum absolute atomic E-state index is 0.0456. The van der Waals surface area contributed by atoms with Crippen molar-refractivity contribution in [2.75, 3.05) is 13.1 Å². The molecule has 102 valence electrons. The van der Waals surface area contributed by atoms with E-state index >= 15 is 0 Å². The molecule has 0 radical (unpaired) electrons. The van der Waals surface area contributed by atoms with Crippen molar-refractivity contribution in [3.05, 3.63) is 0 Å². The third-order valence-electron chi connectivity index (χ3n) is 4.87. The van der Waals surface area contributed by atoms with Gasteiger partial charge in [0, 0.05) is 24.7 Å². The van der Waals surface area contributed by atoms with Crippen LogP contribution in [0.1, 0.15) is 45.4 Å². The van der Waals surface area contributed by atoms with E-state index in [1.165, 1.54) is 38.8 Å². The molecule has 0 saturated carbocycles. The highest BCUT2D eigenvalue weighted by molar-refractivity contribution is 5.82. The predicted molar refractivity (Wildman–Crippen MR) is 71.4 cm³/mol. The van der Waals surface area contributed by atoms with Gasteiger partial charge in [0.1, 0.15) is 0 Å². The molecule has 3 fully saturated rings. The van der Waals surface area contributed by atoms with Gasteiger partial charge in [-0.3, -0.25) is 9.69 Å². The normalized spacial score (nSPS) is 40.7. The van der Waals surface area contributed by atoms with Crippen LogP contribution >= 0.6 is 0 Å². The lowest BCUT2D eigenvalue weighted by Gasteiger charge is -2.30. The van der Waals surface area contributed by atoms with Crippen molar-refractivity contribution in [1.29, 1.82) is 0 Å². The number of hydrogen-bond acceptors (Lipinski definition) is 3. The van der Waals surface area contributed by atoms with Crippen molar-refractivity contribution in [3.8, 4) is 0 Å². The topological polar surface area (TPSA) is 44.4 Å². The Morgan fingerprint density at radius 3 is 2.89 bits per heavy atom. The van der Waals surface area contributed by atoms with Crippen LogP contribution in [-0.2, 0) is 4.79 Å². The summed E-state index contributed by atoms with van der Waals surface area (Å²) in [5.74, 6) is 0.236. The van der Waals surface area contributed by atoms with E-state index in [0.717, 1.165) is 12.8 Å². The van der Waals surface area contributed by atoms with Gasteiger partial charge >= 0.3 is 0 Å². The van der Waals surface area contributed by atoms with Crippen molar-refractivity contribution in [2.24, 2.45) is 0 Å². The summed E-state index contributed by atoms with van der Waals surface area (Å²) < 4.78 is 0. The van der Waals surface area contributed by atoms with Crippen LogP contribution in [0.3, 0.4) is 0 Å². The number of nitrogens with one attached hydrogen (secondary N) is 2. The van der Waals surface area contributed by atoms with Crippen molar-refractivity contribution in [1.82, 2.24) is 15.5 Å². The number of piperidine rings is 1. The van der Waals surface area contributed by atoms with E-state index in [1.54, 1.807) is 0 Å². The molecule has 18 heavy (non-hydrogen) atoms. The standard InChI is InChI=1S/C14H25N3O/c1-10-4-2-5-12(15-10)14(18)16-11-7-9-17-8-3-6-13(11)17/h10-13,15H,2-9H2,1H3,(H,16,18). The number of rotatable bonds is 2. The maximum atomic E-state index is 12.3. The Balaban J connectivity index is 1.54. The molecule has 4 unspecified atom stereocenters. The van der Waals surface area contributed by atoms with Crippen molar-refractivity contribution in [3.63, 3.8) is 0 Å². The number of nitrogens with zero attached hydrogens (tertiary/aromatic N) is 1. The monoisotopic (exact) mass is 251 g/mol. The second-order valence-electron chi connectivity index (χ2n) is 6.20. The van der Waals surface area contributed by atoms with Crippen molar-refractivity contribution >= 4 is 5.91 Å². The molecule has 0 aliphatic carbocycles. The number of carbonyl (C=O) groups excluding carboxylic acids is 1. The average Bonchev–Trinajstić information content (AvgIpc) is 2.94. The Kier molecular flexibility index (Phi) is 3.57. The van der Waals surface area contributed by atoms with Gasteiger partial charge in [0.2, 0.25) is 5.91 Å². The van der Waals surface area contributed by atoms with Gasteiger partial charge < -0.3 is 10.6 Å². The Bertz CT molecular complexity index is 320. The molecule has 4 heteroatoms. The SMILES string of the molecule is CC1CCCC(C(=O)NC2CCN3CCCC23)N1. The zero-order valence-corrected chi connectivity index (χ0v) is 11.3. The first-order chi connectivity index (χ1) is 8.74. The first-order valence-electron chi connectivity index (χ1n) is 7.54. The van der Waals surface area contributed by atoms with E-state index in [2.05, 4.69) is 22.5 Å². The molecule has 4 nitrogen and oxygen atoms in total. The van der Waals surface area contributed by atoms with Crippen LogP contribution in [0.15, 0.2) is 0 Å². The van der Waals surface area contributed by atoms with E-state index in [4.69, 9.17) is 0 Å². The van der Waals surface area contributed by atoms with Gasteiger partial charge in [-0.25, -0.2) is 0 Å². The minimum Gasteiger partial charge on any atom is -0.350 e. The van der Waals surface area contributed by atoms with Crippen molar-refractivity contribution < 1.29 is 4.79 Å². The largest absolute Gasteiger partial charge is 0.350 e. The lowest BCUT2D eigenvalue weighted by molar-refractivity contribution is -0.124. The molecular formula is C14H25N3O. The molecule has 3 heterocycles. The smallest absolute Gasteiger partial charge is 0.237 e. The summed E-state index contributed by atoms with van der Waals surface area (Å²) in [6.07, 6.45) is 7.07. The summed E-state index contributed by atoms with van der Waals surface area (Å²) in [6.45, 7) is 4.58. The minimum atomic E-state index is 0.0456. The molecule has 0 aromatic rings. The van der Waals surface area contributed by atoms with Gasteiger partial charge in [0.25, 0.3) is 0 Å². The molecule has 0 aromatic carbocycles. The van der Waals surface area contributed by atoms with E-state index in [0.29, 0.717) is 18.1 Å². The summed E-state index contributed by atoms with van der Waals surface area (Å²) in [5, 5.41) is 6.72. The predicted octanol–water partition coefficient (Wildman–Crippen LogP) is 0.870. The lowest BCUT2D eigenvalue weighted by Crippen LogP contribution is -2.53. The summed E-state index contributed by atoms with van der Waals surface area (Å²) in [7, 11) is 0. The van der Waals surface area contributed by atoms with Gasteiger partial charge in [-0.1, -0.05) is 0 Å². The Morgan fingerprint density at radius 2 is 2.06 bits per heavy atom. The van der Waals surface area contributed by atoms with Crippen LogP contribution in [0.25, 0.3) is 0 Å². The lowest BCUT2D eigenvalue weighted by atomic mass is 9.98. The van der Waals surface area contributed by atoms with Crippen LogP contribution in [0, 0.1) is 0 Å². The average molecular weight is 251 g/mol. The van der Waals surface area contributed by atoms with Crippen LogP contribution in [0.2, 0.25) is 0 Å². The van der Waals surface area contributed by atoms with Crippen LogP contribution in [0.4, 0.5) is 0 Å². The molecule has 1 amide bonds. The number of amides is 1. The summed E-state index contributed by atoms with van der Waals surface area (Å²) in [6, 6.07) is 1.55. The quantitative estimate of drug-likeness (QED) is 0.765. The fourth-order valence-electron chi connectivity index (χ4n) is 3.88. The first-order valence-corrected chi connectivity index (χ1v) is 7.54. The van der Waals surface area contributed by atoms with Crippen LogP contribution < -0.4 is 10.6 Å². The third-order valence-corrected chi connectivity index (χ3v) is 4.87. The summed E-state index contributed by atoms with van der Waals surface area (Å²) in [4.78, 5) is 14.8. The molecule has 3 saturated heterocycles. The molecule has 0 bridgehead atoms. The van der Waals surface area contributed by atoms with Gasteiger partial charge in [0.05, 0.1) is 6.04 Å². The Hall–Kier alpha value is -0.610. The number of fused-ring (bicyclic) bond motifs is 1. The fourth-order valence-corrected chi connectivity index (χ4v) is 3.88. The maximum absolute atomic E-state index is 12.3. The molecule has 3 aliphatic rings. The highest BCUT2D eigenvalue weighted by Gasteiger charge is 2.38. The van der Waals surface area contributed by atoms with Crippen molar-refractivity contribution in [2.45, 2.75) is 69.6 Å². The summed E-state index contributed by atoms with van der Waals surface area (Å²) >= 11 is 0. The molecule has 0 aromatic heterocycles. The Labute approximate surface area is 109 Å². The molecule has 3 aliphatic heterocycles. The molecule has 2 N–H and O–H groups in total. The Morgan fingerprint density at radius 1 is 1.17 bits per heavy atom.